The van der Waals surface area contributed by atoms with Gasteiger partial charge in [0.15, 0.2) is 5.96 Å². The Labute approximate surface area is 137 Å². The van der Waals surface area contributed by atoms with Gasteiger partial charge < -0.3 is 25.6 Å². The highest BCUT2D eigenvalue weighted by molar-refractivity contribution is 5.92. The molecule has 9 heteroatoms. The summed E-state index contributed by atoms with van der Waals surface area (Å²) in [4.78, 5) is 4.26. The smallest absolute Gasteiger partial charge is 0.406 e. The molecule has 0 spiro atoms. The molecule has 1 aromatic carbocycles. The average molecular weight is 347 g/mol. The Morgan fingerprint density at radius 2 is 2.08 bits per heavy atom. The summed E-state index contributed by atoms with van der Waals surface area (Å²) in [5.74, 6) is -0.169. The second-order valence-corrected chi connectivity index (χ2v) is 5.67. The van der Waals surface area contributed by atoms with Crippen LogP contribution in [0.25, 0.3) is 0 Å². The molecule has 6 nitrogen and oxygen atoms in total. The fraction of sp³-hybridized carbons (Fsp3) is 0.533. The number of guanidine groups is 1. The minimum absolute atomic E-state index is 0.0485. The van der Waals surface area contributed by atoms with Crippen LogP contribution in [0.4, 0.5) is 18.9 Å². The molecule has 2 rings (SSSR count). The first-order valence-corrected chi connectivity index (χ1v) is 7.43. The van der Waals surface area contributed by atoms with Crippen LogP contribution >= 0.6 is 0 Å². The van der Waals surface area contributed by atoms with Crippen molar-refractivity contribution in [3.8, 4) is 5.75 Å². The van der Waals surface area contributed by atoms with Crippen molar-refractivity contribution in [2.45, 2.75) is 19.2 Å². The molecular formula is C15H20F3N3O3. The van der Waals surface area contributed by atoms with E-state index in [0.29, 0.717) is 31.9 Å². The van der Waals surface area contributed by atoms with E-state index in [9.17, 15) is 13.2 Å². The number of ether oxygens (including phenoxy) is 2. The van der Waals surface area contributed by atoms with Crippen LogP contribution in [-0.2, 0) is 4.74 Å². The zero-order valence-electron chi connectivity index (χ0n) is 13.0. The Bertz CT molecular complexity index is 555. The Balaban J connectivity index is 1.92. The molecule has 0 saturated carbocycles. The molecule has 1 aliphatic heterocycles. The molecule has 134 valence electrons. The summed E-state index contributed by atoms with van der Waals surface area (Å²) in [6, 6.07) is 5.18. The number of anilines is 1. The largest absolute Gasteiger partial charge is 0.573 e. The van der Waals surface area contributed by atoms with Gasteiger partial charge in [-0.1, -0.05) is 0 Å². The van der Waals surface area contributed by atoms with E-state index < -0.39 is 6.36 Å². The monoisotopic (exact) mass is 347 g/mol. The van der Waals surface area contributed by atoms with Crippen molar-refractivity contribution in [1.29, 1.82) is 0 Å². The summed E-state index contributed by atoms with van der Waals surface area (Å²) in [5, 5.41) is 12.0. The molecule has 1 aromatic rings. The number of rotatable bonds is 6. The van der Waals surface area contributed by atoms with E-state index in [2.05, 4.69) is 15.0 Å². The summed E-state index contributed by atoms with van der Waals surface area (Å²) in [6.07, 6.45) is -3.35. The van der Waals surface area contributed by atoms with Gasteiger partial charge >= 0.3 is 6.36 Å². The summed E-state index contributed by atoms with van der Waals surface area (Å²) in [6.45, 7) is 1.60. The standard InChI is InChI=1S/C15H20F3N3O3/c16-15(17,18)24-12-3-1-11(2-4-12)21-13(19)20-9-14(5-7-22)6-8-23-10-14/h1-4,22H,5-10H2,(H3,19,20,21). The highest BCUT2D eigenvalue weighted by Crippen LogP contribution is 2.32. The Kier molecular flexibility index (Phi) is 5.89. The number of benzene rings is 1. The number of nitrogens with two attached hydrogens (primary N) is 1. The number of halogens is 3. The fourth-order valence-electron chi connectivity index (χ4n) is 2.47. The van der Waals surface area contributed by atoms with Gasteiger partial charge in [0.05, 0.1) is 13.2 Å². The van der Waals surface area contributed by atoms with Gasteiger partial charge in [-0.05, 0) is 37.1 Å². The zero-order chi connectivity index (χ0) is 17.6. The summed E-state index contributed by atoms with van der Waals surface area (Å²) in [5.41, 5.74) is 6.08. The van der Waals surface area contributed by atoms with Crippen molar-refractivity contribution >= 4 is 11.6 Å². The average Bonchev–Trinajstić information content (AvgIpc) is 2.95. The van der Waals surface area contributed by atoms with Gasteiger partial charge in [0.25, 0.3) is 0 Å². The molecule has 0 aromatic heterocycles. The molecular weight excluding hydrogens is 327 g/mol. The van der Waals surface area contributed by atoms with Crippen molar-refractivity contribution < 1.29 is 27.8 Å². The van der Waals surface area contributed by atoms with Crippen molar-refractivity contribution in [3.05, 3.63) is 24.3 Å². The van der Waals surface area contributed by atoms with E-state index in [1.54, 1.807) is 0 Å². The van der Waals surface area contributed by atoms with Crippen LogP contribution in [0.5, 0.6) is 5.75 Å². The maximum atomic E-state index is 12.1. The SMILES string of the molecule is NC(=NCC1(CCO)CCOC1)Nc1ccc(OC(F)(F)F)cc1. The number of aliphatic hydroxyl groups excluding tert-OH is 1. The van der Waals surface area contributed by atoms with Crippen LogP contribution < -0.4 is 15.8 Å². The quantitative estimate of drug-likeness (QED) is 0.542. The third kappa shape index (κ3) is 5.57. The topological polar surface area (TPSA) is 89.1 Å². The van der Waals surface area contributed by atoms with Crippen molar-refractivity contribution in [1.82, 2.24) is 0 Å². The Hall–Kier alpha value is -2.00. The molecule has 1 fully saturated rings. The second-order valence-electron chi connectivity index (χ2n) is 5.67. The number of hydrogen-bond acceptors (Lipinski definition) is 4. The minimum atomic E-state index is -4.72. The molecule has 1 aliphatic rings. The van der Waals surface area contributed by atoms with Gasteiger partial charge in [0.2, 0.25) is 0 Å². The lowest BCUT2D eigenvalue weighted by Gasteiger charge is -2.24. The number of alkyl halides is 3. The second kappa shape index (κ2) is 7.71. The van der Waals surface area contributed by atoms with Gasteiger partial charge in [-0.3, -0.25) is 4.99 Å². The summed E-state index contributed by atoms with van der Waals surface area (Å²) < 4.78 is 45.4. The first-order valence-electron chi connectivity index (χ1n) is 7.43. The summed E-state index contributed by atoms with van der Waals surface area (Å²) >= 11 is 0. The van der Waals surface area contributed by atoms with Gasteiger partial charge in [0.1, 0.15) is 5.75 Å². The van der Waals surface area contributed by atoms with Gasteiger partial charge in [-0.15, -0.1) is 13.2 Å². The number of nitrogens with one attached hydrogen (secondary N) is 1. The number of aliphatic imine (C=N–C) groups is 1. The molecule has 0 amide bonds. The molecule has 1 heterocycles. The highest BCUT2D eigenvalue weighted by atomic mass is 19.4. The van der Waals surface area contributed by atoms with Crippen LogP contribution in [0.2, 0.25) is 0 Å². The number of aliphatic hydroxyl groups is 1. The molecule has 1 saturated heterocycles. The normalized spacial score (nSPS) is 21.8. The van der Waals surface area contributed by atoms with Gasteiger partial charge in [-0.25, -0.2) is 0 Å². The predicted octanol–water partition coefficient (Wildman–Crippen LogP) is 2.10. The molecule has 4 N–H and O–H groups in total. The van der Waals surface area contributed by atoms with E-state index in [1.807, 2.05) is 0 Å². The van der Waals surface area contributed by atoms with Crippen LogP contribution in [0.3, 0.4) is 0 Å². The van der Waals surface area contributed by atoms with E-state index in [-0.39, 0.29) is 23.7 Å². The van der Waals surface area contributed by atoms with Gasteiger partial charge in [-0.2, -0.15) is 0 Å². The van der Waals surface area contributed by atoms with Crippen LogP contribution in [-0.4, -0.2) is 43.8 Å². The van der Waals surface area contributed by atoms with Crippen molar-refractivity contribution in [2.24, 2.45) is 16.1 Å². The molecule has 1 atom stereocenters. The van der Waals surface area contributed by atoms with E-state index in [0.717, 1.165) is 6.42 Å². The molecule has 1 unspecified atom stereocenters. The molecule has 0 bridgehead atoms. The molecule has 0 aliphatic carbocycles. The lowest BCUT2D eigenvalue weighted by atomic mass is 9.84. The lowest BCUT2D eigenvalue weighted by Crippen LogP contribution is -2.30. The van der Waals surface area contributed by atoms with Crippen LogP contribution in [0, 0.1) is 5.41 Å². The Morgan fingerprint density at radius 1 is 1.38 bits per heavy atom. The van der Waals surface area contributed by atoms with Crippen LogP contribution in [0.15, 0.2) is 29.3 Å². The predicted molar refractivity (Wildman–Crippen MR) is 82.8 cm³/mol. The first kappa shape index (κ1) is 18.3. The van der Waals surface area contributed by atoms with E-state index >= 15 is 0 Å². The molecule has 0 radical (unpaired) electrons. The first-order chi connectivity index (χ1) is 11.3. The number of nitrogens with zero attached hydrogens (tertiary/aromatic N) is 1. The third-order valence-corrected chi connectivity index (χ3v) is 3.77. The fourth-order valence-corrected chi connectivity index (χ4v) is 2.47. The maximum absolute atomic E-state index is 12.1. The van der Waals surface area contributed by atoms with Crippen molar-refractivity contribution in [3.63, 3.8) is 0 Å². The minimum Gasteiger partial charge on any atom is -0.406 e. The zero-order valence-corrected chi connectivity index (χ0v) is 13.0. The van der Waals surface area contributed by atoms with Crippen molar-refractivity contribution in [2.75, 3.05) is 31.7 Å². The van der Waals surface area contributed by atoms with Gasteiger partial charge in [0, 0.05) is 24.3 Å². The molecule has 24 heavy (non-hydrogen) atoms. The van der Waals surface area contributed by atoms with E-state index in [4.69, 9.17) is 15.6 Å². The van der Waals surface area contributed by atoms with E-state index in [1.165, 1.54) is 24.3 Å². The van der Waals surface area contributed by atoms with Crippen LogP contribution in [0.1, 0.15) is 12.8 Å². The Morgan fingerprint density at radius 3 is 2.62 bits per heavy atom. The highest BCUT2D eigenvalue weighted by Gasteiger charge is 2.34. The lowest BCUT2D eigenvalue weighted by molar-refractivity contribution is -0.274. The third-order valence-electron chi connectivity index (χ3n) is 3.77. The number of hydrogen-bond donors (Lipinski definition) is 3. The summed E-state index contributed by atoms with van der Waals surface area (Å²) in [7, 11) is 0. The maximum Gasteiger partial charge on any atom is 0.573 e.